The van der Waals surface area contributed by atoms with E-state index in [2.05, 4.69) is 0 Å². The number of hydrogen-bond donors (Lipinski definition) is 5. The van der Waals surface area contributed by atoms with E-state index in [-0.39, 0.29) is 28.9 Å². The zero-order valence-electron chi connectivity index (χ0n) is 16.7. The summed E-state index contributed by atoms with van der Waals surface area (Å²) < 4.78 is 26.7. The first-order valence-electron chi connectivity index (χ1n) is 9.83. The zero-order valence-corrected chi connectivity index (χ0v) is 16.7. The van der Waals surface area contributed by atoms with Crippen molar-refractivity contribution in [2.45, 2.75) is 30.7 Å². The van der Waals surface area contributed by atoms with Crippen molar-refractivity contribution in [2.24, 2.45) is 0 Å². The first-order chi connectivity index (χ1) is 15.8. The molecule has 5 rings (SSSR count). The van der Waals surface area contributed by atoms with E-state index < -0.39 is 54.5 Å². The van der Waals surface area contributed by atoms with Gasteiger partial charge < -0.3 is 48.9 Å². The smallest absolute Gasteiger partial charge is 0.344 e. The molecule has 1 fully saturated rings. The lowest BCUT2D eigenvalue weighted by atomic mass is 9.99. The zero-order chi connectivity index (χ0) is 23.4. The fourth-order valence-corrected chi connectivity index (χ4v) is 3.95. The second-order valence-electron chi connectivity index (χ2n) is 7.58. The molecule has 0 unspecified atom stereocenters. The highest BCUT2D eigenvalue weighted by atomic mass is 16.7. The monoisotopic (exact) mass is 462 g/mol. The lowest BCUT2D eigenvalue weighted by Crippen LogP contribution is -2.60. The summed E-state index contributed by atoms with van der Waals surface area (Å²) >= 11 is 0. The Morgan fingerprint density at radius 3 is 2.36 bits per heavy atom. The number of aliphatic hydroxyl groups excluding tert-OH is 4. The molecule has 0 aliphatic carbocycles. The highest BCUT2D eigenvalue weighted by molar-refractivity contribution is 6.12. The molecule has 33 heavy (non-hydrogen) atoms. The minimum atomic E-state index is -1.76. The molecule has 2 aliphatic rings. The van der Waals surface area contributed by atoms with Gasteiger partial charge in [0.15, 0.2) is 17.1 Å². The van der Waals surface area contributed by atoms with Crippen LogP contribution in [0.3, 0.4) is 0 Å². The molecule has 2 aromatic carbocycles. The van der Waals surface area contributed by atoms with Gasteiger partial charge in [-0.15, -0.1) is 0 Å². The van der Waals surface area contributed by atoms with Crippen molar-refractivity contribution >= 4 is 27.7 Å². The van der Waals surface area contributed by atoms with Gasteiger partial charge in [0.2, 0.25) is 13.1 Å². The molecular formula is C21H18O12. The highest BCUT2D eigenvalue weighted by Crippen LogP contribution is 2.39. The topological polar surface area (TPSA) is 185 Å². The van der Waals surface area contributed by atoms with Crippen LogP contribution >= 0.6 is 0 Å². The molecule has 0 amide bonds. The van der Waals surface area contributed by atoms with Crippen LogP contribution in [0.15, 0.2) is 33.5 Å². The van der Waals surface area contributed by atoms with Crippen molar-refractivity contribution < 1.29 is 53.7 Å². The van der Waals surface area contributed by atoms with Crippen LogP contribution in [0.1, 0.15) is 10.4 Å². The molecule has 0 radical (unpaired) electrons. The predicted molar refractivity (Wildman–Crippen MR) is 107 cm³/mol. The van der Waals surface area contributed by atoms with Crippen molar-refractivity contribution in [3.63, 3.8) is 0 Å². The van der Waals surface area contributed by atoms with Crippen molar-refractivity contribution in [2.75, 3.05) is 13.4 Å². The van der Waals surface area contributed by atoms with Gasteiger partial charge in [0, 0.05) is 10.8 Å². The van der Waals surface area contributed by atoms with E-state index in [0.29, 0.717) is 16.9 Å². The number of ether oxygens (including phenoxy) is 4. The molecule has 0 spiro atoms. The Morgan fingerprint density at radius 2 is 1.70 bits per heavy atom. The van der Waals surface area contributed by atoms with Crippen LogP contribution < -0.4 is 19.8 Å². The lowest BCUT2D eigenvalue weighted by molar-refractivity contribution is -0.277. The fourth-order valence-electron chi connectivity index (χ4n) is 3.95. The Bertz CT molecular complexity index is 1310. The molecule has 3 aromatic rings. The van der Waals surface area contributed by atoms with Crippen LogP contribution in [-0.2, 0) is 4.74 Å². The number of carboxylic acid groups (broad SMARTS) is 1. The maximum absolute atomic E-state index is 12.6. The van der Waals surface area contributed by atoms with Crippen molar-refractivity contribution in [1.82, 2.24) is 0 Å². The molecule has 5 N–H and O–H groups in total. The van der Waals surface area contributed by atoms with E-state index in [1.54, 1.807) is 6.07 Å². The molecule has 2 aliphatic heterocycles. The van der Waals surface area contributed by atoms with Gasteiger partial charge in [-0.3, -0.25) is 0 Å². The highest BCUT2D eigenvalue weighted by Gasteiger charge is 2.45. The van der Waals surface area contributed by atoms with Gasteiger partial charge in [0.05, 0.1) is 12.0 Å². The summed E-state index contributed by atoms with van der Waals surface area (Å²) in [5, 5.41) is 50.1. The standard InChI is InChI=1S/C21H18O12/c22-5-13-15(23)16(24)17(25)21(32-13)31-10-2-1-7-8-3-11-12(30-6-29-11)4-9(8)20(28)33-18(7)14(10)19(26)27/h1-4,13,15-17,21-25H,5-6H2,(H,26,27)/t13-,15-,16+,17-,21-/m1/s1. The SMILES string of the molecule is O=C(O)c1c(O[C@@H]2O[C@H](CO)[C@@H](O)[C@H](O)[C@H]2O)ccc2c1oc(=O)c1cc3c(cc12)OCO3. The van der Waals surface area contributed by atoms with Crippen LogP contribution in [0.25, 0.3) is 21.7 Å². The Kier molecular flexibility index (Phi) is 5.11. The number of rotatable bonds is 4. The minimum absolute atomic E-state index is 0.0214. The lowest BCUT2D eigenvalue weighted by Gasteiger charge is -2.39. The van der Waals surface area contributed by atoms with Gasteiger partial charge in [-0.25, -0.2) is 9.59 Å². The second kappa shape index (κ2) is 7.86. The number of fused-ring (bicyclic) bond motifs is 4. The van der Waals surface area contributed by atoms with E-state index in [1.807, 2.05) is 0 Å². The third kappa shape index (κ3) is 3.35. The molecule has 3 heterocycles. The minimum Gasteiger partial charge on any atom is -0.477 e. The van der Waals surface area contributed by atoms with Crippen molar-refractivity contribution in [3.05, 3.63) is 40.2 Å². The third-order valence-corrected chi connectivity index (χ3v) is 5.64. The molecule has 12 heteroatoms. The quantitative estimate of drug-likeness (QED) is 0.249. The van der Waals surface area contributed by atoms with E-state index in [4.69, 9.17) is 23.4 Å². The van der Waals surface area contributed by atoms with E-state index in [1.165, 1.54) is 18.2 Å². The molecule has 1 aromatic heterocycles. The summed E-state index contributed by atoms with van der Waals surface area (Å²) in [6.45, 7) is -0.711. The first-order valence-corrected chi connectivity index (χ1v) is 9.83. The Labute approximate surface area is 183 Å². The van der Waals surface area contributed by atoms with Gasteiger partial charge in [-0.1, -0.05) is 0 Å². The average molecular weight is 462 g/mol. The summed E-state index contributed by atoms with van der Waals surface area (Å²) in [5.41, 5.74) is -1.63. The summed E-state index contributed by atoms with van der Waals surface area (Å²) in [4.78, 5) is 24.7. The van der Waals surface area contributed by atoms with Crippen molar-refractivity contribution in [1.29, 1.82) is 0 Å². The molecule has 12 nitrogen and oxygen atoms in total. The van der Waals surface area contributed by atoms with Crippen molar-refractivity contribution in [3.8, 4) is 17.2 Å². The third-order valence-electron chi connectivity index (χ3n) is 5.64. The fraction of sp³-hybridized carbons (Fsp3) is 0.333. The molecule has 0 bridgehead atoms. The normalized spacial score (nSPS) is 26.6. The largest absolute Gasteiger partial charge is 0.477 e. The van der Waals surface area contributed by atoms with Gasteiger partial charge in [-0.05, 0) is 24.3 Å². The number of carboxylic acids is 1. The Morgan fingerprint density at radius 1 is 1.00 bits per heavy atom. The summed E-state index contributed by atoms with van der Waals surface area (Å²) in [6.07, 6.45) is -7.98. The van der Waals surface area contributed by atoms with Crippen LogP contribution in [0.5, 0.6) is 17.2 Å². The second-order valence-corrected chi connectivity index (χ2v) is 7.58. The van der Waals surface area contributed by atoms with Gasteiger partial charge in [-0.2, -0.15) is 0 Å². The molecule has 1 saturated heterocycles. The molecule has 0 saturated carbocycles. The van der Waals surface area contributed by atoms with Gasteiger partial charge in [0.25, 0.3) is 0 Å². The number of benzene rings is 2. The maximum Gasteiger partial charge on any atom is 0.344 e. The van der Waals surface area contributed by atoms with Crippen LogP contribution in [0.4, 0.5) is 0 Å². The van der Waals surface area contributed by atoms with Crippen LogP contribution in [-0.4, -0.2) is 75.6 Å². The molecular weight excluding hydrogens is 444 g/mol. The van der Waals surface area contributed by atoms with E-state index in [0.717, 1.165) is 0 Å². The summed E-state index contributed by atoms with van der Waals surface area (Å²) in [5.74, 6) is -1.09. The van der Waals surface area contributed by atoms with Gasteiger partial charge in [0.1, 0.15) is 35.7 Å². The average Bonchev–Trinajstić information content (AvgIpc) is 3.25. The molecule has 5 atom stereocenters. The Hall–Kier alpha value is -3.42. The first kappa shape index (κ1) is 21.4. The Balaban J connectivity index is 1.64. The van der Waals surface area contributed by atoms with Crippen LogP contribution in [0, 0.1) is 0 Å². The van der Waals surface area contributed by atoms with Gasteiger partial charge >= 0.3 is 11.6 Å². The summed E-state index contributed by atoms with van der Waals surface area (Å²) in [6, 6.07) is 5.72. The molecule has 174 valence electrons. The van der Waals surface area contributed by atoms with E-state index >= 15 is 0 Å². The predicted octanol–water partition coefficient (Wildman–Crippen LogP) is -0.448. The number of hydrogen-bond acceptors (Lipinski definition) is 11. The summed E-state index contributed by atoms with van der Waals surface area (Å²) in [7, 11) is 0. The maximum atomic E-state index is 12.6. The van der Waals surface area contributed by atoms with E-state index in [9.17, 15) is 35.1 Å². The van der Waals surface area contributed by atoms with Crippen LogP contribution in [0.2, 0.25) is 0 Å². The number of aromatic carboxylic acids is 1. The number of carbonyl (C=O) groups is 1. The number of aliphatic hydroxyl groups is 4.